The molecule has 1 aromatic carbocycles. The Morgan fingerprint density at radius 1 is 1.35 bits per heavy atom. The van der Waals surface area contributed by atoms with Crippen molar-refractivity contribution in [2.24, 2.45) is 16.9 Å². The Kier molecular flexibility index (Phi) is 4.09. The monoisotopic (exact) mass is 275 g/mol. The molecule has 1 fully saturated rings. The molecule has 1 aliphatic heterocycles. The van der Waals surface area contributed by atoms with Crippen LogP contribution in [-0.4, -0.2) is 35.8 Å². The minimum Gasteiger partial charge on any atom is -0.369 e. The Morgan fingerprint density at radius 3 is 2.55 bits per heavy atom. The van der Waals surface area contributed by atoms with Crippen molar-refractivity contribution in [2.75, 3.05) is 13.1 Å². The van der Waals surface area contributed by atoms with E-state index in [2.05, 4.69) is 0 Å². The highest BCUT2D eigenvalue weighted by atomic mass is 16.2. The van der Waals surface area contributed by atoms with Gasteiger partial charge in [0.1, 0.15) is 0 Å². The van der Waals surface area contributed by atoms with E-state index in [-0.39, 0.29) is 11.8 Å². The summed E-state index contributed by atoms with van der Waals surface area (Å²) >= 11 is 0. The zero-order valence-corrected chi connectivity index (χ0v) is 11.7. The summed E-state index contributed by atoms with van der Waals surface area (Å²) < 4.78 is 0. The van der Waals surface area contributed by atoms with E-state index in [0.29, 0.717) is 25.9 Å². The highest BCUT2D eigenvalue weighted by Crippen LogP contribution is 2.29. The molecule has 4 N–H and O–H groups in total. The molecule has 108 valence electrons. The lowest BCUT2D eigenvalue weighted by Crippen LogP contribution is -2.46. The lowest BCUT2D eigenvalue weighted by Gasteiger charge is -2.23. The summed E-state index contributed by atoms with van der Waals surface area (Å²) in [6.07, 6.45) is 1.11. The zero-order valence-electron chi connectivity index (χ0n) is 11.7. The zero-order chi connectivity index (χ0) is 14.8. The van der Waals surface area contributed by atoms with Crippen molar-refractivity contribution in [3.05, 3.63) is 35.9 Å². The van der Waals surface area contributed by atoms with E-state index in [0.717, 1.165) is 5.56 Å². The van der Waals surface area contributed by atoms with Crippen molar-refractivity contribution >= 4 is 11.8 Å². The van der Waals surface area contributed by atoms with Gasteiger partial charge in [0.2, 0.25) is 11.8 Å². The summed E-state index contributed by atoms with van der Waals surface area (Å²) in [5.41, 5.74) is 11.8. The molecule has 1 saturated heterocycles. The summed E-state index contributed by atoms with van der Waals surface area (Å²) in [6.45, 7) is 2.70. The number of carbonyl (C=O) groups excluding carboxylic acids is 2. The van der Waals surface area contributed by atoms with Gasteiger partial charge in [0.15, 0.2) is 0 Å². The number of carbonyl (C=O) groups is 2. The molecule has 1 aromatic rings. The number of benzene rings is 1. The Bertz CT molecular complexity index is 503. The third-order valence-electron chi connectivity index (χ3n) is 4.00. The lowest BCUT2D eigenvalue weighted by molar-refractivity contribution is -0.132. The van der Waals surface area contributed by atoms with Gasteiger partial charge in [-0.25, -0.2) is 0 Å². The molecule has 2 rings (SSSR count). The van der Waals surface area contributed by atoms with Crippen molar-refractivity contribution in [2.45, 2.75) is 25.8 Å². The number of hydrogen-bond donors (Lipinski definition) is 2. The molecule has 1 aliphatic rings. The van der Waals surface area contributed by atoms with E-state index >= 15 is 0 Å². The van der Waals surface area contributed by atoms with Gasteiger partial charge in [-0.2, -0.15) is 0 Å². The van der Waals surface area contributed by atoms with Gasteiger partial charge in [-0.15, -0.1) is 0 Å². The maximum absolute atomic E-state index is 12.3. The van der Waals surface area contributed by atoms with Crippen molar-refractivity contribution in [3.63, 3.8) is 0 Å². The molecular formula is C15H21N3O2. The van der Waals surface area contributed by atoms with Crippen LogP contribution in [0.4, 0.5) is 0 Å². The van der Waals surface area contributed by atoms with Gasteiger partial charge in [-0.3, -0.25) is 9.59 Å². The number of nitrogens with two attached hydrogens (primary N) is 2. The Labute approximate surface area is 118 Å². The van der Waals surface area contributed by atoms with Gasteiger partial charge in [-0.1, -0.05) is 30.3 Å². The van der Waals surface area contributed by atoms with Gasteiger partial charge >= 0.3 is 0 Å². The van der Waals surface area contributed by atoms with Crippen LogP contribution in [0.15, 0.2) is 30.3 Å². The van der Waals surface area contributed by atoms with Gasteiger partial charge < -0.3 is 16.4 Å². The first-order chi connectivity index (χ1) is 9.42. The molecule has 0 aliphatic carbocycles. The molecule has 0 aromatic heterocycles. The standard InChI is InChI=1S/C15H21N3O2/c1-15(14(17)20)7-8-18(10-15)13(19)12(16)9-11-5-3-2-4-6-11/h2-6,12H,7-10,16H2,1H3,(H2,17,20)/t12-,15?/m0/s1. The summed E-state index contributed by atoms with van der Waals surface area (Å²) in [5.74, 6) is -0.469. The highest BCUT2D eigenvalue weighted by molar-refractivity contribution is 5.86. The fraction of sp³-hybridized carbons (Fsp3) is 0.467. The van der Waals surface area contributed by atoms with Crippen LogP contribution in [0.3, 0.4) is 0 Å². The number of rotatable bonds is 4. The SMILES string of the molecule is CC1(C(N)=O)CCN(C(=O)[C@@H](N)Cc2ccccc2)C1. The second-order valence-electron chi connectivity index (χ2n) is 5.73. The quantitative estimate of drug-likeness (QED) is 0.827. The van der Waals surface area contributed by atoms with E-state index in [9.17, 15) is 9.59 Å². The summed E-state index contributed by atoms with van der Waals surface area (Å²) in [4.78, 5) is 25.4. The van der Waals surface area contributed by atoms with Crippen molar-refractivity contribution in [1.29, 1.82) is 0 Å². The number of likely N-dealkylation sites (tertiary alicyclic amines) is 1. The predicted octanol–water partition coefficient (Wildman–Crippen LogP) is 0.280. The second-order valence-corrected chi connectivity index (χ2v) is 5.73. The third-order valence-corrected chi connectivity index (χ3v) is 4.00. The Balaban J connectivity index is 1.97. The van der Waals surface area contributed by atoms with E-state index in [1.807, 2.05) is 30.3 Å². The van der Waals surface area contributed by atoms with Crippen LogP contribution in [0.5, 0.6) is 0 Å². The van der Waals surface area contributed by atoms with Crippen LogP contribution < -0.4 is 11.5 Å². The number of primary amides is 1. The molecule has 0 saturated carbocycles. The average molecular weight is 275 g/mol. The van der Waals surface area contributed by atoms with Gasteiger partial charge in [0.25, 0.3) is 0 Å². The van der Waals surface area contributed by atoms with Crippen molar-refractivity contribution < 1.29 is 9.59 Å². The molecule has 5 heteroatoms. The fourth-order valence-electron chi connectivity index (χ4n) is 2.54. The van der Waals surface area contributed by atoms with E-state index in [4.69, 9.17) is 11.5 Å². The molecule has 2 atom stereocenters. The van der Waals surface area contributed by atoms with Gasteiger partial charge in [0, 0.05) is 13.1 Å². The molecule has 0 spiro atoms. The molecular weight excluding hydrogens is 254 g/mol. The second kappa shape index (κ2) is 5.63. The molecule has 2 amide bonds. The molecule has 20 heavy (non-hydrogen) atoms. The van der Waals surface area contributed by atoms with Crippen LogP contribution in [0.2, 0.25) is 0 Å². The smallest absolute Gasteiger partial charge is 0.239 e. The van der Waals surface area contributed by atoms with Crippen LogP contribution in [-0.2, 0) is 16.0 Å². The topological polar surface area (TPSA) is 89.4 Å². The first-order valence-electron chi connectivity index (χ1n) is 6.80. The Hall–Kier alpha value is -1.88. The summed E-state index contributed by atoms with van der Waals surface area (Å²) in [5, 5.41) is 0. The molecule has 1 heterocycles. The number of hydrogen-bond acceptors (Lipinski definition) is 3. The average Bonchev–Trinajstić information content (AvgIpc) is 2.83. The Morgan fingerprint density at radius 2 is 2.00 bits per heavy atom. The van der Waals surface area contributed by atoms with Gasteiger partial charge in [0.05, 0.1) is 11.5 Å². The maximum atomic E-state index is 12.3. The fourth-order valence-corrected chi connectivity index (χ4v) is 2.54. The summed E-state index contributed by atoms with van der Waals surface area (Å²) in [6, 6.07) is 9.09. The van der Waals surface area contributed by atoms with E-state index < -0.39 is 11.5 Å². The molecule has 5 nitrogen and oxygen atoms in total. The molecule has 1 unspecified atom stereocenters. The largest absolute Gasteiger partial charge is 0.369 e. The van der Waals surface area contributed by atoms with Gasteiger partial charge in [-0.05, 0) is 25.3 Å². The van der Waals surface area contributed by atoms with Crippen LogP contribution in [0, 0.1) is 5.41 Å². The van der Waals surface area contributed by atoms with Crippen LogP contribution >= 0.6 is 0 Å². The van der Waals surface area contributed by atoms with Crippen molar-refractivity contribution in [3.8, 4) is 0 Å². The third kappa shape index (κ3) is 2.99. The lowest BCUT2D eigenvalue weighted by atomic mass is 9.89. The first kappa shape index (κ1) is 14.5. The van der Waals surface area contributed by atoms with Crippen LogP contribution in [0.25, 0.3) is 0 Å². The minimum absolute atomic E-state index is 0.112. The molecule has 0 bridgehead atoms. The first-order valence-corrected chi connectivity index (χ1v) is 6.80. The predicted molar refractivity (Wildman–Crippen MR) is 76.6 cm³/mol. The van der Waals surface area contributed by atoms with Crippen molar-refractivity contribution in [1.82, 2.24) is 4.90 Å². The van der Waals surface area contributed by atoms with E-state index in [1.165, 1.54) is 0 Å². The number of nitrogens with zero attached hydrogens (tertiary/aromatic N) is 1. The highest BCUT2D eigenvalue weighted by Gasteiger charge is 2.41. The summed E-state index contributed by atoms with van der Waals surface area (Å²) in [7, 11) is 0. The maximum Gasteiger partial charge on any atom is 0.239 e. The van der Waals surface area contributed by atoms with Crippen LogP contribution in [0.1, 0.15) is 18.9 Å². The number of amides is 2. The normalized spacial score (nSPS) is 23.6. The minimum atomic E-state index is -0.623. The molecule has 0 radical (unpaired) electrons. The van der Waals surface area contributed by atoms with E-state index in [1.54, 1.807) is 11.8 Å².